The standard InChI is InChI=1S/C64H101NO24/c1-33-16-12-11-13-17-34(2)45(80-8)30-41-21-19-39(7)64(79,89-41)58(75)59(76)65-23-15-14-18-42(65)60(77)84-46(36(4)28-40-20-22-44(83-25-24-66)47(29-40)81-9)31-43(68)35(3)27-38(6)55(56(82-10)49(69)37(5)26-33)86-63-54(74)52(72)57(61(78)88-63)87-62-53(73)51(71)50(70)48(32-67)85-62/h11-13,16-17,27,33,35-37,39-42,44-48,50-57,61-63,66-67,70-74,78-79H,14-15,18-26,28-32H2,1-10H3/b13-11+,16-12-,34-17+,38-27+/t33-,35-,36-,37-,39-,40?,41+,42?,44-,45+,46+,47-,48-,50-,51+,52-,53-,54-,55-,56+,57+,61+,62?,63?,64-/m1/s1. The van der Waals surface area contributed by atoms with Crippen LogP contribution in [0, 0.1) is 35.5 Å². The number of piperidine rings is 1. The van der Waals surface area contributed by atoms with Crippen LogP contribution in [0.15, 0.2) is 47.6 Å². The van der Waals surface area contributed by atoms with Gasteiger partial charge in [0.1, 0.15) is 72.9 Å². The summed E-state index contributed by atoms with van der Waals surface area (Å²) in [7, 11) is 4.39. The molecular weight excluding hydrogens is 1170 g/mol. The Kier molecular flexibility index (Phi) is 28.7. The fraction of sp³-hybridized carbons (Fsp3) is 0.797. The van der Waals surface area contributed by atoms with Crippen molar-refractivity contribution in [2.45, 2.75) is 242 Å². The van der Waals surface area contributed by atoms with E-state index in [0.29, 0.717) is 57.8 Å². The van der Waals surface area contributed by atoms with Gasteiger partial charge in [-0.15, -0.1) is 0 Å². The first-order valence-corrected chi connectivity index (χ1v) is 31.6. The van der Waals surface area contributed by atoms with Crippen LogP contribution >= 0.6 is 0 Å². The van der Waals surface area contributed by atoms with Gasteiger partial charge in [-0.1, -0.05) is 71.1 Å². The first-order chi connectivity index (χ1) is 42.2. The van der Waals surface area contributed by atoms with Crippen LogP contribution < -0.4 is 0 Å². The van der Waals surface area contributed by atoms with E-state index in [4.69, 9.17) is 47.4 Å². The van der Waals surface area contributed by atoms with Crippen molar-refractivity contribution < 1.29 is 117 Å². The minimum atomic E-state index is -2.52. The van der Waals surface area contributed by atoms with Crippen LogP contribution in [0.3, 0.4) is 0 Å². The first-order valence-electron chi connectivity index (χ1n) is 31.6. The van der Waals surface area contributed by atoms with Crippen molar-refractivity contribution in [3.05, 3.63) is 47.6 Å². The van der Waals surface area contributed by atoms with Gasteiger partial charge in [-0.3, -0.25) is 19.2 Å². The van der Waals surface area contributed by atoms with Gasteiger partial charge >= 0.3 is 5.97 Å². The molecule has 0 aromatic heterocycles. The lowest BCUT2D eigenvalue weighted by Gasteiger charge is -2.45. The number of hydrogen-bond acceptors (Lipinski definition) is 24. The van der Waals surface area contributed by atoms with E-state index in [0.717, 1.165) is 10.5 Å². The molecule has 1 amide bonds. The van der Waals surface area contributed by atoms with Gasteiger partial charge in [0, 0.05) is 58.5 Å². The van der Waals surface area contributed by atoms with Crippen molar-refractivity contribution in [3.8, 4) is 0 Å². The topological polar surface area (TPSA) is 363 Å². The third kappa shape index (κ3) is 18.7. The summed E-state index contributed by atoms with van der Waals surface area (Å²) in [5.41, 5.74) is 1.01. The highest BCUT2D eigenvalue weighted by Gasteiger charge is 2.55. The summed E-state index contributed by atoms with van der Waals surface area (Å²) in [6.07, 6.45) is -9.63. The smallest absolute Gasteiger partial charge is 0.329 e. The maximum absolute atomic E-state index is 14.9. The van der Waals surface area contributed by atoms with Gasteiger partial charge in [0.05, 0.1) is 44.2 Å². The highest BCUT2D eigenvalue weighted by molar-refractivity contribution is 6.39. The quantitative estimate of drug-likeness (QED) is 0.0680. The molecule has 5 fully saturated rings. The number of Topliss-reactive ketones (excluding diaryl/α,β-unsaturated/α-hetero) is 3. The average Bonchev–Trinajstić information content (AvgIpc) is 1.23. The molecule has 25 nitrogen and oxygen atoms in total. The van der Waals surface area contributed by atoms with E-state index in [9.17, 15) is 69.9 Å². The number of nitrogens with zero attached hydrogens (tertiary/aromatic N) is 1. The summed E-state index contributed by atoms with van der Waals surface area (Å²) in [6.45, 7) is 11.3. The van der Waals surface area contributed by atoms with Gasteiger partial charge in [0.25, 0.3) is 11.7 Å². The van der Waals surface area contributed by atoms with Crippen LogP contribution in [0.2, 0.25) is 0 Å². The molecular formula is C64H101NO24. The van der Waals surface area contributed by atoms with Crippen LogP contribution in [-0.4, -0.2) is 244 Å². The number of cyclic esters (lactones) is 1. The van der Waals surface area contributed by atoms with Crippen LogP contribution in [-0.2, 0) is 71.3 Å². The number of hydrogen-bond donors (Lipinski definition) is 9. The second-order valence-electron chi connectivity index (χ2n) is 25.4. The van der Waals surface area contributed by atoms with Crippen molar-refractivity contribution in [2.24, 2.45) is 35.5 Å². The lowest BCUT2D eigenvalue weighted by molar-refractivity contribution is -0.387. The largest absolute Gasteiger partial charge is 0.460 e. The van der Waals surface area contributed by atoms with Gasteiger partial charge in [0.15, 0.2) is 24.7 Å². The van der Waals surface area contributed by atoms with E-state index in [1.165, 1.54) is 20.3 Å². The second kappa shape index (κ2) is 34.4. The molecule has 6 aliphatic rings. The van der Waals surface area contributed by atoms with Crippen molar-refractivity contribution in [2.75, 3.05) is 47.7 Å². The molecule has 5 aliphatic heterocycles. The number of ketones is 3. The SMILES string of the molecule is CO[C@H]1C[C@@H]2CC[C@@H](C)[C@@](O)(O2)C(=O)C(=O)N2CCCCC2C(=O)O[C@H]([C@H](C)CC2CC[C@@H](OCCO)[C@H](OC)C2)CC(=O)[C@H](C)/C=C(\C)[C@@H](OC2O[C@H](O)[C@@H](OC3O[C@H](CO)[C@@H](O)[C@H](O)[C@H]3O)[C@H](O)[C@H]2O)[C@@H](OC)C(=O)[C@H](C)C[C@H](C)\C=C/C=C/C=C/1C. The highest BCUT2D eigenvalue weighted by atomic mass is 16.8. The molecule has 2 bridgehead atoms. The van der Waals surface area contributed by atoms with Gasteiger partial charge in [-0.2, -0.15) is 0 Å². The monoisotopic (exact) mass is 1270 g/mol. The number of ether oxygens (including phenoxy) is 10. The van der Waals surface area contributed by atoms with Crippen molar-refractivity contribution in [1.29, 1.82) is 0 Å². The van der Waals surface area contributed by atoms with Crippen LogP contribution in [0.1, 0.15) is 126 Å². The number of aliphatic hydroxyl groups excluding tert-OH is 8. The van der Waals surface area contributed by atoms with Gasteiger partial charge < -0.3 is 98.2 Å². The third-order valence-corrected chi connectivity index (χ3v) is 18.8. The van der Waals surface area contributed by atoms with Crippen LogP contribution in [0.5, 0.6) is 0 Å². The molecule has 0 radical (unpaired) electrons. The van der Waals surface area contributed by atoms with Crippen molar-refractivity contribution >= 4 is 29.2 Å². The number of esters is 1. The number of amides is 1. The summed E-state index contributed by atoms with van der Waals surface area (Å²) in [5.74, 6) is -9.72. The lowest BCUT2D eigenvalue weighted by Crippen LogP contribution is -2.64. The molecule has 1 aliphatic carbocycles. The van der Waals surface area contributed by atoms with E-state index in [1.54, 1.807) is 40.9 Å². The predicted octanol–water partition coefficient (Wildman–Crippen LogP) is 1.80. The predicted molar refractivity (Wildman–Crippen MR) is 316 cm³/mol. The molecule has 25 atom stereocenters. The molecule has 25 heteroatoms. The van der Waals surface area contributed by atoms with Crippen LogP contribution in [0.25, 0.3) is 0 Å². The molecule has 1 saturated carbocycles. The lowest BCUT2D eigenvalue weighted by atomic mass is 9.78. The Labute approximate surface area is 522 Å². The Bertz CT molecular complexity index is 2440. The maximum Gasteiger partial charge on any atom is 0.329 e. The molecule has 0 spiro atoms. The molecule has 9 N–H and O–H groups in total. The average molecular weight is 1270 g/mol. The number of aliphatic hydroxyl groups is 9. The third-order valence-electron chi connectivity index (χ3n) is 18.8. The summed E-state index contributed by atoms with van der Waals surface area (Å²) in [6, 6.07) is -1.26. The Morgan fingerprint density at radius 2 is 1.44 bits per heavy atom. The Morgan fingerprint density at radius 3 is 2.11 bits per heavy atom. The van der Waals surface area contributed by atoms with Gasteiger partial charge in [0.2, 0.25) is 5.79 Å². The minimum absolute atomic E-state index is 0.000180. The Hall–Kier alpha value is -3.81. The van der Waals surface area contributed by atoms with Crippen LogP contribution in [0.4, 0.5) is 0 Å². The summed E-state index contributed by atoms with van der Waals surface area (Å²) < 4.78 is 59.2. The summed E-state index contributed by atoms with van der Waals surface area (Å²) in [4.78, 5) is 74.5. The highest BCUT2D eigenvalue weighted by Crippen LogP contribution is 2.39. The number of fused-ring (bicyclic) bond motifs is 3. The number of methoxy groups -OCH3 is 3. The fourth-order valence-corrected chi connectivity index (χ4v) is 13.2. The molecule has 4 saturated heterocycles. The first kappa shape index (κ1) is 74.2. The zero-order valence-corrected chi connectivity index (χ0v) is 53.2. The molecule has 4 unspecified atom stereocenters. The number of carbonyl (C=O) groups excluding carboxylic acids is 5. The van der Waals surface area contributed by atoms with E-state index in [1.807, 2.05) is 45.1 Å². The van der Waals surface area contributed by atoms with Gasteiger partial charge in [-0.25, -0.2) is 4.79 Å². The molecule has 0 aromatic carbocycles. The van der Waals surface area contributed by atoms with Crippen molar-refractivity contribution in [3.63, 3.8) is 0 Å². The number of allylic oxidation sites excluding steroid dienone is 6. The molecule has 89 heavy (non-hydrogen) atoms. The van der Waals surface area contributed by atoms with Crippen molar-refractivity contribution in [1.82, 2.24) is 4.90 Å². The molecule has 6 rings (SSSR count). The maximum atomic E-state index is 14.9. The normalized spacial score (nSPS) is 43.2. The zero-order chi connectivity index (χ0) is 65.6. The van der Waals surface area contributed by atoms with Gasteiger partial charge in [-0.05, 0) is 107 Å². The molecule has 0 aromatic rings. The Morgan fingerprint density at radius 1 is 0.730 bits per heavy atom. The van der Waals surface area contributed by atoms with E-state index in [-0.39, 0.29) is 68.6 Å². The Balaban J connectivity index is 1.36. The second-order valence-corrected chi connectivity index (χ2v) is 25.4. The van der Waals surface area contributed by atoms with E-state index in [2.05, 4.69) is 0 Å². The molecule has 5 heterocycles. The minimum Gasteiger partial charge on any atom is -0.460 e. The number of rotatable bonds is 14. The number of carbonyl (C=O) groups is 5. The van der Waals surface area contributed by atoms with E-state index >= 15 is 0 Å². The summed E-state index contributed by atoms with van der Waals surface area (Å²) in [5, 5.41) is 97.1. The molecule has 506 valence electrons. The summed E-state index contributed by atoms with van der Waals surface area (Å²) >= 11 is 0. The zero-order valence-electron chi connectivity index (χ0n) is 53.2. The fourth-order valence-electron chi connectivity index (χ4n) is 13.2. The van der Waals surface area contributed by atoms with E-state index < -0.39 is 163 Å².